The number of ether oxygens (including phenoxy) is 3. The third-order valence-electron chi connectivity index (χ3n) is 5.49. The second kappa shape index (κ2) is 4.68. The average molecular weight is 340 g/mol. The number of aliphatic hydroxyl groups is 1. The molecule has 5 heteroatoms. The molecule has 4 aliphatic rings. The van der Waals surface area contributed by atoms with E-state index in [4.69, 9.17) is 14.2 Å². The fourth-order valence-corrected chi connectivity index (χ4v) is 4.20. The van der Waals surface area contributed by atoms with Crippen molar-refractivity contribution in [1.82, 2.24) is 0 Å². The summed E-state index contributed by atoms with van der Waals surface area (Å²) in [7, 11) is 0. The summed E-state index contributed by atoms with van der Waals surface area (Å²) in [5.74, 6) is 1.29. The molecule has 130 valence electrons. The first-order valence-corrected chi connectivity index (χ1v) is 8.53. The van der Waals surface area contributed by atoms with Crippen LogP contribution in [0.5, 0.6) is 11.5 Å². The molecular formula is C20H20O5. The lowest BCUT2D eigenvalue weighted by molar-refractivity contribution is -0.0147. The molecule has 4 unspecified atom stereocenters. The van der Waals surface area contributed by atoms with E-state index < -0.39 is 11.7 Å². The van der Waals surface area contributed by atoms with Gasteiger partial charge >= 0.3 is 0 Å². The smallest absolute Gasteiger partial charge is 0.128 e. The zero-order chi connectivity index (χ0) is 17.4. The monoisotopic (exact) mass is 340 g/mol. The second-order valence-corrected chi connectivity index (χ2v) is 7.66. The standard InChI is InChI=1S/C20H20O5/c1-19(2)7-5-13-15(25-19)6-8-20(22)14-10-23-16-9-11(21)3-4-12(16)17(14)24-18(13)20/h3-9,14,17-18,21-22H,10H2,1-2H3. The molecule has 5 nitrogen and oxygen atoms in total. The van der Waals surface area contributed by atoms with E-state index in [2.05, 4.69) is 0 Å². The summed E-state index contributed by atoms with van der Waals surface area (Å²) in [4.78, 5) is 0. The quantitative estimate of drug-likeness (QED) is 0.760. The van der Waals surface area contributed by atoms with E-state index in [0.717, 1.165) is 16.9 Å². The number of rotatable bonds is 0. The summed E-state index contributed by atoms with van der Waals surface area (Å²) in [5.41, 5.74) is 0.193. The van der Waals surface area contributed by atoms with Gasteiger partial charge in [0, 0.05) is 17.2 Å². The third-order valence-corrected chi connectivity index (χ3v) is 5.49. The van der Waals surface area contributed by atoms with Crippen LogP contribution in [0.3, 0.4) is 0 Å². The number of benzene rings is 1. The molecule has 1 aromatic carbocycles. The predicted octanol–water partition coefficient (Wildman–Crippen LogP) is 2.76. The van der Waals surface area contributed by atoms with Crippen molar-refractivity contribution in [3.05, 3.63) is 59.4 Å². The molecule has 0 radical (unpaired) electrons. The minimum atomic E-state index is -1.14. The van der Waals surface area contributed by atoms with Crippen LogP contribution in [0, 0.1) is 5.92 Å². The zero-order valence-corrected chi connectivity index (χ0v) is 14.1. The summed E-state index contributed by atoms with van der Waals surface area (Å²) in [6, 6.07) is 5.01. The lowest BCUT2D eigenvalue weighted by Crippen LogP contribution is -2.48. The molecule has 1 aromatic rings. The van der Waals surface area contributed by atoms with Crippen LogP contribution in [-0.4, -0.2) is 34.1 Å². The van der Waals surface area contributed by atoms with Gasteiger partial charge in [0.2, 0.25) is 0 Å². The fraction of sp³-hybridized carbons (Fsp3) is 0.400. The molecule has 25 heavy (non-hydrogen) atoms. The molecule has 4 atom stereocenters. The van der Waals surface area contributed by atoms with Gasteiger partial charge in [-0.1, -0.05) is 6.08 Å². The highest BCUT2D eigenvalue weighted by molar-refractivity contribution is 5.49. The van der Waals surface area contributed by atoms with E-state index in [1.54, 1.807) is 24.3 Å². The van der Waals surface area contributed by atoms with Crippen molar-refractivity contribution in [2.24, 2.45) is 5.92 Å². The Morgan fingerprint density at radius 1 is 1.16 bits per heavy atom. The topological polar surface area (TPSA) is 68.2 Å². The van der Waals surface area contributed by atoms with Crippen molar-refractivity contribution < 1.29 is 24.4 Å². The Kier molecular flexibility index (Phi) is 2.82. The minimum absolute atomic E-state index is 0.155. The molecule has 3 heterocycles. The first-order chi connectivity index (χ1) is 11.9. The fourth-order valence-electron chi connectivity index (χ4n) is 4.20. The summed E-state index contributed by atoms with van der Waals surface area (Å²) >= 11 is 0. The summed E-state index contributed by atoms with van der Waals surface area (Å²) < 4.78 is 18.1. The molecule has 3 aliphatic heterocycles. The first-order valence-electron chi connectivity index (χ1n) is 8.53. The largest absolute Gasteiger partial charge is 0.508 e. The Balaban J connectivity index is 1.57. The van der Waals surface area contributed by atoms with E-state index in [1.807, 2.05) is 32.1 Å². The lowest BCUT2D eigenvalue weighted by atomic mass is 9.75. The molecule has 0 bridgehead atoms. The van der Waals surface area contributed by atoms with Gasteiger partial charge in [0.1, 0.15) is 34.6 Å². The van der Waals surface area contributed by atoms with Gasteiger partial charge in [-0.15, -0.1) is 0 Å². The van der Waals surface area contributed by atoms with Gasteiger partial charge in [-0.3, -0.25) is 0 Å². The molecule has 1 saturated heterocycles. The molecule has 1 fully saturated rings. The SMILES string of the molecule is CC1(C)C=CC2=C(C=CC3(O)C2OC2c4ccc(O)cc4OCC23)O1. The van der Waals surface area contributed by atoms with Crippen LogP contribution in [0.15, 0.2) is 53.8 Å². The predicted molar refractivity (Wildman–Crippen MR) is 90.1 cm³/mol. The normalized spacial score (nSPS) is 36.7. The van der Waals surface area contributed by atoms with Crippen LogP contribution in [0.25, 0.3) is 0 Å². The molecule has 5 rings (SSSR count). The van der Waals surface area contributed by atoms with Crippen molar-refractivity contribution >= 4 is 0 Å². The lowest BCUT2D eigenvalue weighted by Gasteiger charge is -2.39. The van der Waals surface area contributed by atoms with Crippen molar-refractivity contribution in [3.63, 3.8) is 0 Å². The Morgan fingerprint density at radius 3 is 2.84 bits per heavy atom. The molecule has 0 saturated carbocycles. The number of aromatic hydroxyl groups is 1. The van der Waals surface area contributed by atoms with E-state index >= 15 is 0 Å². The minimum Gasteiger partial charge on any atom is -0.508 e. The van der Waals surface area contributed by atoms with Gasteiger partial charge in [-0.05, 0) is 44.2 Å². The molecule has 0 amide bonds. The van der Waals surface area contributed by atoms with Crippen molar-refractivity contribution in [2.45, 2.75) is 37.3 Å². The summed E-state index contributed by atoms with van der Waals surface area (Å²) in [5, 5.41) is 21.1. The number of hydrogen-bond donors (Lipinski definition) is 2. The highest BCUT2D eigenvalue weighted by atomic mass is 16.5. The van der Waals surface area contributed by atoms with Gasteiger partial charge in [-0.25, -0.2) is 0 Å². The van der Waals surface area contributed by atoms with Crippen LogP contribution >= 0.6 is 0 Å². The van der Waals surface area contributed by atoms with E-state index in [-0.39, 0.29) is 23.4 Å². The Hall–Kier alpha value is -2.24. The van der Waals surface area contributed by atoms with E-state index in [1.165, 1.54) is 0 Å². The summed E-state index contributed by atoms with van der Waals surface area (Å²) in [6.45, 7) is 4.32. The highest BCUT2D eigenvalue weighted by Crippen LogP contribution is 2.55. The second-order valence-electron chi connectivity index (χ2n) is 7.66. The molecule has 0 aromatic heterocycles. The van der Waals surface area contributed by atoms with E-state index in [9.17, 15) is 10.2 Å². The Labute approximate surface area is 145 Å². The maximum absolute atomic E-state index is 11.4. The maximum Gasteiger partial charge on any atom is 0.128 e. The number of allylic oxidation sites excluding steroid dienone is 1. The third kappa shape index (κ3) is 2.03. The van der Waals surface area contributed by atoms with Crippen molar-refractivity contribution in [3.8, 4) is 11.5 Å². The maximum atomic E-state index is 11.4. The Bertz CT molecular complexity index is 850. The van der Waals surface area contributed by atoms with Crippen LogP contribution in [0.4, 0.5) is 0 Å². The number of phenols is 1. The van der Waals surface area contributed by atoms with Crippen molar-refractivity contribution in [1.29, 1.82) is 0 Å². The van der Waals surface area contributed by atoms with Crippen molar-refractivity contribution in [2.75, 3.05) is 6.61 Å². The van der Waals surface area contributed by atoms with Gasteiger partial charge in [0.05, 0.1) is 18.6 Å². The van der Waals surface area contributed by atoms with Crippen LogP contribution in [0.2, 0.25) is 0 Å². The van der Waals surface area contributed by atoms with Crippen LogP contribution < -0.4 is 4.74 Å². The van der Waals surface area contributed by atoms with Gasteiger partial charge in [-0.2, -0.15) is 0 Å². The summed E-state index contributed by atoms with van der Waals surface area (Å²) in [6.07, 6.45) is 6.81. The number of phenolic OH excluding ortho intramolecular Hbond substituents is 1. The number of fused-ring (bicyclic) bond motifs is 6. The molecule has 1 aliphatic carbocycles. The number of hydrogen-bond acceptors (Lipinski definition) is 5. The van der Waals surface area contributed by atoms with Crippen LogP contribution in [0.1, 0.15) is 25.5 Å². The van der Waals surface area contributed by atoms with Crippen LogP contribution in [-0.2, 0) is 9.47 Å². The molecular weight excluding hydrogens is 320 g/mol. The highest BCUT2D eigenvalue weighted by Gasteiger charge is 2.59. The van der Waals surface area contributed by atoms with Gasteiger partial charge < -0.3 is 24.4 Å². The first kappa shape index (κ1) is 15.0. The Morgan fingerprint density at radius 2 is 2.00 bits per heavy atom. The van der Waals surface area contributed by atoms with Gasteiger partial charge in [0.15, 0.2) is 0 Å². The van der Waals surface area contributed by atoms with E-state index in [0.29, 0.717) is 12.4 Å². The molecule has 0 spiro atoms. The average Bonchev–Trinajstić information content (AvgIpc) is 2.87. The van der Waals surface area contributed by atoms with Gasteiger partial charge in [0.25, 0.3) is 0 Å². The molecule has 2 N–H and O–H groups in total. The zero-order valence-electron chi connectivity index (χ0n) is 14.1.